The Labute approximate surface area is 133 Å². The van der Waals surface area contributed by atoms with Crippen molar-refractivity contribution >= 4 is 16.8 Å². The van der Waals surface area contributed by atoms with Gasteiger partial charge in [0.2, 0.25) is 5.91 Å². The standard InChI is InChI=1S/C16H21N3O4/c1-11(2)23-9-5-8-17-14(20)10-19-13-7-4-3-6-12(13)15(21)18-16(19)22/h3-4,6-7,11H,5,8-10H2,1-2H3,(H,17,20)(H,18,21,22). The molecule has 0 fully saturated rings. The van der Waals surface area contributed by atoms with Gasteiger partial charge in [0.25, 0.3) is 5.56 Å². The molecule has 2 N–H and O–H groups in total. The quantitative estimate of drug-likeness (QED) is 0.732. The lowest BCUT2D eigenvalue weighted by molar-refractivity contribution is -0.121. The van der Waals surface area contributed by atoms with Crippen LogP contribution in [-0.2, 0) is 16.1 Å². The maximum absolute atomic E-state index is 12.0. The molecule has 0 radical (unpaired) electrons. The predicted molar refractivity (Wildman–Crippen MR) is 87.5 cm³/mol. The number of nitrogens with zero attached hydrogens (tertiary/aromatic N) is 1. The maximum Gasteiger partial charge on any atom is 0.329 e. The first kappa shape index (κ1) is 17.0. The van der Waals surface area contributed by atoms with Gasteiger partial charge in [0.1, 0.15) is 6.54 Å². The summed E-state index contributed by atoms with van der Waals surface area (Å²) in [5, 5.41) is 3.12. The van der Waals surface area contributed by atoms with E-state index < -0.39 is 11.2 Å². The molecule has 1 aromatic heterocycles. The number of hydrogen-bond acceptors (Lipinski definition) is 4. The highest BCUT2D eigenvalue weighted by molar-refractivity contribution is 5.81. The zero-order valence-electron chi connectivity index (χ0n) is 13.3. The fourth-order valence-electron chi connectivity index (χ4n) is 2.22. The zero-order chi connectivity index (χ0) is 16.8. The molecule has 0 spiro atoms. The number of carbonyl (C=O) groups excluding carboxylic acids is 1. The molecule has 2 rings (SSSR count). The average molecular weight is 319 g/mol. The Kier molecular flexibility index (Phi) is 5.70. The van der Waals surface area contributed by atoms with E-state index in [0.29, 0.717) is 30.5 Å². The number of amides is 1. The summed E-state index contributed by atoms with van der Waals surface area (Å²) in [6, 6.07) is 6.70. The number of ether oxygens (including phenoxy) is 1. The van der Waals surface area contributed by atoms with Crippen LogP contribution in [0.4, 0.5) is 0 Å². The summed E-state index contributed by atoms with van der Waals surface area (Å²) in [5.41, 5.74) is -0.598. The van der Waals surface area contributed by atoms with Crippen molar-refractivity contribution in [2.24, 2.45) is 0 Å². The van der Waals surface area contributed by atoms with Crippen molar-refractivity contribution in [3.63, 3.8) is 0 Å². The largest absolute Gasteiger partial charge is 0.379 e. The lowest BCUT2D eigenvalue weighted by Crippen LogP contribution is -2.36. The number of aromatic amines is 1. The van der Waals surface area contributed by atoms with Crippen LogP contribution in [0, 0.1) is 0 Å². The van der Waals surface area contributed by atoms with Crippen LogP contribution in [0.3, 0.4) is 0 Å². The number of fused-ring (bicyclic) bond motifs is 1. The minimum atomic E-state index is -0.591. The van der Waals surface area contributed by atoms with E-state index in [1.54, 1.807) is 24.3 Å². The smallest absolute Gasteiger partial charge is 0.329 e. The van der Waals surface area contributed by atoms with E-state index in [1.807, 2.05) is 13.8 Å². The number of aromatic nitrogens is 2. The fourth-order valence-corrected chi connectivity index (χ4v) is 2.22. The summed E-state index contributed by atoms with van der Waals surface area (Å²) in [6.45, 7) is 4.81. The van der Waals surface area contributed by atoms with E-state index in [4.69, 9.17) is 4.74 Å². The summed E-state index contributed by atoms with van der Waals surface area (Å²) in [6.07, 6.45) is 0.863. The van der Waals surface area contributed by atoms with Crippen LogP contribution >= 0.6 is 0 Å². The lowest BCUT2D eigenvalue weighted by atomic mass is 10.2. The molecule has 1 amide bonds. The molecule has 0 atom stereocenters. The van der Waals surface area contributed by atoms with Gasteiger partial charge in [0, 0.05) is 13.2 Å². The Morgan fingerprint density at radius 3 is 2.78 bits per heavy atom. The number of carbonyl (C=O) groups is 1. The first-order chi connectivity index (χ1) is 11.0. The Hall–Kier alpha value is -2.41. The minimum absolute atomic E-state index is 0.138. The third kappa shape index (κ3) is 4.53. The van der Waals surface area contributed by atoms with Crippen molar-refractivity contribution in [2.75, 3.05) is 13.2 Å². The Balaban J connectivity index is 2.03. The molecular weight excluding hydrogens is 298 g/mol. The Morgan fingerprint density at radius 1 is 1.30 bits per heavy atom. The molecule has 7 nitrogen and oxygen atoms in total. The van der Waals surface area contributed by atoms with Crippen molar-refractivity contribution in [3.05, 3.63) is 45.1 Å². The highest BCUT2D eigenvalue weighted by atomic mass is 16.5. The highest BCUT2D eigenvalue weighted by Crippen LogP contribution is 2.06. The summed E-state index contributed by atoms with van der Waals surface area (Å²) in [5.74, 6) is -0.283. The van der Waals surface area contributed by atoms with Gasteiger partial charge in [-0.2, -0.15) is 0 Å². The lowest BCUT2D eigenvalue weighted by Gasteiger charge is -2.10. The molecular formula is C16H21N3O4. The summed E-state index contributed by atoms with van der Waals surface area (Å²) >= 11 is 0. The number of benzene rings is 1. The summed E-state index contributed by atoms with van der Waals surface area (Å²) in [4.78, 5) is 37.9. The van der Waals surface area contributed by atoms with Crippen molar-refractivity contribution in [1.82, 2.24) is 14.9 Å². The van der Waals surface area contributed by atoms with Crippen LogP contribution < -0.4 is 16.6 Å². The molecule has 0 saturated carbocycles. The SMILES string of the molecule is CC(C)OCCCNC(=O)Cn1c(=O)[nH]c(=O)c2ccccc21. The van der Waals surface area contributed by atoms with Crippen LogP contribution in [0.5, 0.6) is 0 Å². The van der Waals surface area contributed by atoms with Gasteiger partial charge in [0.15, 0.2) is 0 Å². The second-order valence-corrected chi connectivity index (χ2v) is 5.49. The Morgan fingerprint density at radius 2 is 2.04 bits per heavy atom. The number of rotatable bonds is 7. The molecule has 0 aliphatic carbocycles. The molecule has 1 aromatic carbocycles. The zero-order valence-corrected chi connectivity index (χ0v) is 13.3. The molecule has 0 unspecified atom stereocenters. The second kappa shape index (κ2) is 7.73. The first-order valence-electron chi connectivity index (χ1n) is 7.59. The number of nitrogens with one attached hydrogen (secondary N) is 2. The van der Waals surface area contributed by atoms with Crippen LogP contribution in [-0.4, -0.2) is 34.7 Å². The molecule has 0 aliphatic rings. The second-order valence-electron chi connectivity index (χ2n) is 5.49. The van der Waals surface area contributed by atoms with Crippen molar-refractivity contribution < 1.29 is 9.53 Å². The van der Waals surface area contributed by atoms with Gasteiger partial charge in [-0.05, 0) is 32.4 Å². The number of para-hydroxylation sites is 1. The van der Waals surface area contributed by atoms with Crippen LogP contribution in [0.25, 0.3) is 10.9 Å². The molecule has 1 heterocycles. The van der Waals surface area contributed by atoms with Gasteiger partial charge < -0.3 is 10.1 Å². The summed E-state index contributed by atoms with van der Waals surface area (Å²) < 4.78 is 6.65. The first-order valence-corrected chi connectivity index (χ1v) is 7.59. The molecule has 0 bridgehead atoms. The van der Waals surface area contributed by atoms with Crippen molar-refractivity contribution in [2.45, 2.75) is 32.9 Å². The molecule has 7 heteroatoms. The van der Waals surface area contributed by atoms with Gasteiger partial charge in [-0.3, -0.25) is 19.1 Å². The maximum atomic E-state index is 12.0. The molecule has 124 valence electrons. The molecule has 2 aromatic rings. The average Bonchev–Trinajstić information content (AvgIpc) is 2.51. The van der Waals surface area contributed by atoms with Gasteiger partial charge in [-0.1, -0.05) is 12.1 Å². The number of hydrogen-bond donors (Lipinski definition) is 2. The van der Waals surface area contributed by atoms with Crippen LogP contribution in [0.2, 0.25) is 0 Å². The van der Waals surface area contributed by atoms with E-state index in [1.165, 1.54) is 4.57 Å². The van der Waals surface area contributed by atoms with E-state index in [9.17, 15) is 14.4 Å². The fraction of sp³-hybridized carbons (Fsp3) is 0.438. The minimum Gasteiger partial charge on any atom is -0.379 e. The van der Waals surface area contributed by atoms with Gasteiger partial charge in [-0.15, -0.1) is 0 Å². The summed E-state index contributed by atoms with van der Waals surface area (Å²) in [7, 11) is 0. The van der Waals surface area contributed by atoms with Gasteiger partial charge >= 0.3 is 5.69 Å². The Bertz CT molecular complexity index is 792. The van der Waals surface area contributed by atoms with Gasteiger partial charge in [0.05, 0.1) is 17.0 Å². The monoisotopic (exact) mass is 319 g/mol. The molecule has 0 saturated heterocycles. The van der Waals surface area contributed by atoms with Crippen LogP contribution in [0.15, 0.2) is 33.9 Å². The normalized spacial score (nSPS) is 11.1. The van der Waals surface area contributed by atoms with E-state index in [2.05, 4.69) is 10.3 Å². The van der Waals surface area contributed by atoms with Gasteiger partial charge in [-0.25, -0.2) is 4.79 Å². The van der Waals surface area contributed by atoms with E-state index >= 15 is 0 Å². The van der Waals surface area contributed by atoms with E-state index in [-0.39, 0.29) is 18.6 Å². The third-order valence-corrected chi connectivity index (χ3v) is 3.30. The third-order valence-electron chi connectivity index (χ3n) is 3.30. The van der Waals surface area contributed by atoms with Crippen molar-refractivity contribution in [3.8, 4) is 0 Å². The topological polar surface area (TPSA) is 93.2 Å². The van der Waals surface area contributed by atoms with Crippen LogP contribution in [0.1, 0.15) is 20.3 Å². The number of H-pyrrole nitrogens is 1. The molecule has 0 aliphatic heterocycles. The predicted octanol–water partition coefficient (Wildman–Crippen LogP) is 0.621. The highest BCUT2D eigenvalue weighted by Gasteiger charge is 2.10. The van der Waals surface area contributed by atoms with Crippen molar-refractivity contribution in [1.29, 1.82) is 0 Å². The molecule has 23 heavy (non-hydrogen) atoms. The van der Waals surface area contributed by atoms with E-state index in [0.717, 1.165) is 0 Å².